The van der Waals surface area contributed by atoms with Gasteiger partial charge in [0, 0.05) is 30.5 Å². The molecule has 2 nitrogen and oxygen atoms in total. The van der Waals surface area contributed by atoms with Crippen molar-refractivity contribution >= 4 is 11.3 Å². The number of nitrogens with zero attached hydrogens (tertiary/aromatic N) is 1. The molecule has 1 N–H and O–H groups in total. The average molecular weight is 278 g/mol. The molecule has 0 bridgehead atoms. The maximum atomic E-state index is 13.4. The molecule has 0 spiro atoms. The smallest absolute Gasteiger partial charge is 0.123 e. The molecule has 0 saturated heterocycles. The number of nitrogens with one attached hydrogen (secondary N) is 1. The van der Waals surface area contributed by atoms with Crippen LogP contribution in [0.1, 0.15) is 29.8 Å². The van der Waals surface area contributed by atoms with E-state index in [-0.39, 0.29) is 11.7 Å². The van der Waals surface area contributed by atoms with Crippen LogP contribution < -0.4 is 5.32 Å². The first-order valence-electron chi connectivity index (χ1n) is 6.64. The predicted molar refractivity (Wildman–Crippen MR) is 78.1 cm³/mol. The van der Waals surface area contributed by atoms with Crippen molar-refractivity contribution in [2.75, 3.05) is 13.1 Å². The number of rotatable bonds is 7. The number of aromatic nitrogens is 1. The Balaban J connectivity index is 2.08. The number of thiazole rings is 1. The van der Waals surface area contributed by atoms with Crippen LogP contribution in [0.4, 0.5) is 4.39 Å². The van der Waals surface area contributed by atoms with Crippen LogP contribution in [0.2, 0.25) is 0 Å². The minimum atomic E-state index is -0.169. The number of halogens is 1. The second-order valence-corrected chi connectivity index (χ2v) is 5.57. The first-order valence-corrected chi connectivity index (χ1v) is 7.52. The zero-order chi connectivity index (χ0) is 13.5. The molecule has 102 valence electrons. The summed E-state index contributed by atoms with van der Waals surface area (Å²) in [7, 11) is 0. The minimum Gasteiger partial charge on any atom is -0.316 e. The van der Waals surface area contributed by atoms with Gasteiger partial charge in [0.1, 0.15) is 5.82 Å². The van der Waals surface area contributed by atoms with Crippen molar-refractivity contribution in [1.29, 1.82) is 0 Å². The Labute approximate surface area is 117 Å². The largest absolute Gasteiger partial charge is 0.316 e. The van der Waals surface area contributed by atoms with Gasteiger partial charge in [0.25, 0.3) is 0 Å². The second-order valence-electron chi connectivity index (χ2n) is 4.59. The number of hydrogen-bond acceptors (Lipinski definition) is 3. The summed E-state index contributed by atoms with van der Waals surface area (Å²) in [5.41, 5.74) is 1.04. The Morgan fingerprint density at radius 3 is 3.00 bits per heavy atom. The molecular weight excluding hydrogens is 259 g/mol. The first-order chi connectivity index (χ1) is 9.29. The topological polar surface area (TPSA) is 24.9 Å². The molecule has 0 saturated carbocycles. The molecule has 4 heteroatoms. The molecule has 0 fully saturated rings. The zero-order valence-electron chi connectivity index (χ0n) is 11.1. The van der Waals surface area contributed by atoms with Gasteiger partial charge in [-0.1, -0.05) is 19.1 Å². The molecule has 1 unspecified atom stereocenters. The van der Waals surface area contributed by atoms with Gasteiger partial charge in [-0.2, -0.15) is 0 Å². The summed E-state index contributed by atoms with van der Waals surface area (Å²) in [6.45, 7) is 3.99. The van der Waals surface area contributed by atoms with Gasteiger partial charge < -0.3 is 5.32 Å². The van der Waals surface area contributed by atoms with Gasteiger partial charge in [0.2, 0.25) is 0 Å². The molecule has 0 aliphatic heterocycles. The highest BCUT2D eigenvalue weighted by molar-refractivity contribution is 7.09. The van der Waals surface area contributed by atoms with Crippen LogP contribution in [-0.4, -0.2) is 18.1 Å². The van der Waals surface area contributed by atoms with E-state index in [4.69, 9.17) is 0 Å². The molecule has 0 aliphatic rings. The Hall–Kier alpha value is -1.26. The molecule has 0 amide bonds. The first kappa shape index (κ1) is 14.2. The van der Waals surface area contributed by atoms with E-state index in [1.807, 2.05) is 17.6 Å². The SMILES string of the molecule is CCCNCC(Cc1nccs1)c1cccc(F)c1. The lowest BCUT2D eigenvalue weighted by Gasteiger charge is -2.17. The molecule has 2 aromatic rings. The fourth-order valence-electron chi connectivity index (χ4n) is 2.09. The average Bonchev–Trinajstić information content (AvgIpc) is 2.91. The van der Waals surface area contributed by atoms with Crippen molar-refractivity contribution in [1.82, 2.24) is 10.3 Å². The van der Waals surface area contributed by atoms with E-state index in [2.05, 4.69) is 17.2 Å². The van der Waals surface area contributed by atoms with Gasteiger partial charge in [0.15, 0.2) is 0 Å². The van der Waals surface area contributed by atoms with Gasteiger partial charge in [-0.3, -0.25) is 0 Å². The van der Waals surface area contributed by atoms with Crippen molar-refractivity contribution < 1.29 is 4.39 Å². The monoisotopic (exact) mass is 278 g/mol. The summed E-state index contributed by atoms with van der Waals surface area (Å²) < 4.78 is 13.4. The fraction of sp³-hybridized carbons (Fsp3) is 0.400. The quantitative estimate of drug-likeness (QED) is 0.783. The van der Waals surface area contributed by atoms with E-state index < -0.39 is 0 Å². The minimum absolute atomic E-state index is 0.169. The van der Waals surface area contributed by atoms with E-state index in [9.17, 15) is 4.39 Å². The third kappa shape index (κ3) is 4.40. The standard InChI is InChI=1S/C15H19FN2S/c1-2-6-17-11-13(10-15-18-7-8-19-15)12-4-3-5-14(16)9-12/h3-5,7-9,13,17H,2,6,10-11H2,1H3. The van der Waals surface area contributed by atoms with Gasteiger partial charge in [-0.05, 0) is 30.7 Å². The Morgan fingerprint density at radius 1 is 1.42 bits per heavy atom. The van der Waals surface area contributed by atoms with Crippen molar-refractivity contribution in [3.05, 3.63) is 52.2 Å². The molecule has 0 aliphatic carbocycles. The highest BCUT2D eigenvalue weighted by atomic mass is 32.1. The van der Waals surface area contributed by atoms with E-state index in [0.29, 0.717) is 0 Å². The molecule has 1 atom stereocenters. The van der Waals surface area contributed by atoms with Crippen LogP contribution in [-0.2, 0) is 6.42 Å². The summed E-state index contributed by atoms with van der Waals surface area (Å²) in [4.78, 5) is 4.33. The van der Waals surface area contributed by atoms with Crippen molar-refractivity contribution in [2.45, 2.75) is 25.7 Å². The molecule has 1 aromatic carbocycles. The Bertz CT molecular complexity index is 485. The van der Waals surface area contributed by atoms with Crippen LogP contribution in [0, 0.1) is 5.82 Å². The van der Waals surface area contributed by atoms with Crippen LogP contribution in [0.5, 0.6) is 0 Å². The van der Waals surface area contributed by atoms with Crippen molar-refractivity contribution in [3.63, 3.8) is 0 Å². The highest BCUT2D eigenvalue weighted by Crippen LogP contribution is 2.22. The normalized spacial score (nSPS) is 12.5. The molecule has 19 heavy (non-hydrogen) atoms. The second kappa shape index (κ2) is 7.36. The highest BCUT2D eigenvalue weighted by Gasteiger charge is 2.14. The summed E-state index contributed by atoms with van der Waals surface area (Å²) in [6, 6.07) is 6.89. The summed E-state index contributed by atoms with van der Waals surface area (Å²) in [6.07, 6.45) is 3.78. The zero-order valence-corrected chi connectivity index (χ0v) is 11.9. The molecule has 0 radical (unpaired) electrons. The number of benzene rings is 1. The maximum absolute atomic E-state index is 13.4. The van der Waals surface area contributed by atoms with Gasteiger partial charge >= 0.3 is 0 Å². The third-order valence-electron chi connectivity index (χ3n) is 3.04. The molecule has 1 aromatic heterocycles. The predicted octanol–water partition coefficient (Wildman–Crippen LogP) is 3.61. The van der Waals surface area contributed by atoms with E-state index >= 15 is 0 Å². The van der Waals surface area contributed by atoms with Crippen molar-refractivity contribution in [3.8, 4) is 0 Å². The molecule has 1 heterocycles. The Kier molecular flexibility index (Phi) is 5.48. The van der Waals surface area contributed by atoms with Crippen LogP contribution >= 0.6 is 11.3 Å². The van der Waals surface area contributed by atoms with Crippen LogP contribution in [0.25, 0.3) is 0 Å². The summed E-state index contributed by atoms with van der Waals surface area (Å²) in [5, 5.41) is 6.51. The third-order valence-corrected chi connectivity index (χ3v) is 3.84. The van der Waals surface area contributed by atoms with Gasteiger partial charge in [0.05, 0.1) is 5.01 Å². The van der Waals surface area contributed by atoms with E-state index in [0.717, 1.165) is 36.5 Å². The number of hydrogen-bond donors (Lipinski definition) is 1. The maximum Gasteiger partial charge on any atom is 0.123 e. The lowest BCUT2D eigenvalue weighted by Crippen LogP contribution is -2.23. The van der Waals surface area contributed by atoms with Crippen LogP contribution in [0.15, 0.2) is 35.8 Å². The lowest BCUT2D eigenvalue weighted by atomic mass is 9.95. The van der Waals surface area contributed by atoms with E-state index in [1.54, 1.807) is 23.5 Å². The van der Waals surface area contributed by atoms with Gasteiger partial charge in [-0.25, -0.2) is 9.37 Å². The summed E-state index contributed by atoms with van der Waals surface area (Å²) >= 11 is 1.66. The lowest BCUT2D eigenvalue weighted by molar-refractivity contribution is 0.568. The fourth-order valence-corrected chi connectivity index (χ4v) is 2.78. The molecular formula is C15H19FN2S. The molecule has 2 rings (SSSR count). The van der Waals surface area contributed by atoms with E-state index in [1.165, 1.54) is 6.07 Å². The Morgan fingerprint density at radius 2 is 2.32 bits per heavy atom. The van der Waals surface area contributed by atoms with Gasteiger partial charge in [-0.15, -0.1) is 11.3 Å². The van der Waals surface area contributed by atoms with Crippen LogP contribution in [0.3, 0.4) is 0 Å². The van der Waals surface area contributed by atoms with Crippen molar-refractivity contribution in [2.24, 2.45) is 0 Å². The summed E-state index contributed by atoms with van der Waals surface area (Å²) in [5.74, 6) is 0.102.